The molecule has 0 bridgehead atoms. The third-order valence-corrected chi connectivity index (χ3v) is 7.56. The van der Waals surface area contributed by atoms with Crippen molar-refractivity contribution in [2.24, 2.45) is 0 Å². The van der Waals surface area contributed by atoms with E-state index in [1.165, 1.54) is 4.90 Å². The normalized spacial score (nSPS) is 18.6. The van der Waals surface area contributed by atoms with E-state index in [-0.39, 0.29) is 31.4 Å². The van der Waals surface area contributed by atoms with Crippen LogP contribution >= 0.6 is 36.7 Å². The first kappa shape index (κ1) is 28.6. The SMILES string of the molecule is CN(C)C(=O)c1c(Cl)cc(NC2CN(C3CCN(C(=O)[C@@](C)(O)c4ccccc4)CC3)C2)cc1Cl.S. The van der Waals surface area contributed by atoms with Gasteiger partial charge in [0.15, 0.2) is 5.60 Å². The molecule has 2 aliphatic heterocycles. The van der Waals surface area contributed by atoms with Gasteiger partial charge in [0.25, 0.3) is 11.8 Å². The largest absolute Gasteiger partial charge is 0.380 e. The van der Waals surface area contributed by atoms with Crippen molar-refractivity contribution in [3.05, 3.63) is 63.6 Å². The van der Waals surface area contributed by atoms with E-state index >= 15 is 0 Å². The first-order valence-corrected chi connectivity index (χ1v) is 12.6. The van der Waals surface area contributed by atoms with Crippen molar-refractivity contribution in [2.75, 3.05) is 45.6 Å². The lowest BCUT2D eigenvalue weighted by molar-refractivity contribution is -0.152. The lowest BCUT2D eigenvalue weighted by Gasteiger charge is -2.48. The molecule has 1 atom stereocenters. The zero-order chi connectivity index (χ0) is 25.3. The summed E-state index contributed by atoms with van der Waals surface area (Å²) in [5, 5.41) is 15.0. The molecule has 0 spiro atoms. The maximum Gasteiger partial charge on any atom is 0.258 e. The fourth-order valence-electron chi connectivity index (χ4n) is 4.85. The summed E-state index contributed by atoms with van der Waals surface area (Å²) in [7, 11) is 3.33. The number of halogens is 2. The summed E-state index contributed by atoms with van der Waals surface area (Å²) in [5.41, 5.74) is 0.202. The molecule has 2 heterocycles. The molecule has 10 heteroatoms. The zero-order valence-electron chi connectivity index (χ0n) is 20.8. The maximum absolute atomic E-state index is 13.0. The first-order valence-electron chi connectivity index (χ1n) is 11.9. The van der Waals surface area contributed by atoms with Crippen LogP contribution in [0.3, 0.4) is 0 Å². The van der Waals surface area contributed by atoms with Gasteiger partial charge in [-0.15, -0.1) is 0 Å². The molecule has 2 aromatic rings. The van der Waals surface area contributed by atoms with Crippen LogP contribution in [0.5, 0.6) is 0 Å². The smallest absolute Gasteiger partial charge is 0.258 e. The molecule has 2 aromatic carbocycles. The van der Waals surface area contributed by atoms with Crippen LogP contribution in [0.25, 0.3) is 0 Å². The van der Waals surface area contributed by atoms with Gasteiger partial charge in [-0.25, -0.2) is 0 Å². The summed E-state index contributed by atoms with van der Waals surface area (Å²) in [6.45, 7) is 4.60. The van der Waals surface area contributed by atoms with Crippen molar-refractivity contribution in [1.82, 2.24) is 14.7 Å². The molecule has 2 aliphatic rings. The second-order valence-electron chi connectivity index (χ2n) is 9.77. The molecule has 0 aromatic heterocycles. The fourth-order valence-corrected chi connectivity index (χ4v) is 5.50. The molecule has 0 saturated carbocycles. The van der Waals surface area contributed by atoms with E-state index in [0.29, 0.717) is 40.3 Å². The van der Waals surface area contributed by atoms with Crippen LogP contribution in [0.4, 0.5) is 5.69 Å². The third kappa shape index (κ3) is 5.94. The van der Waals surface area contributed by atoms with Crippen LogP contribution < -0.4 is 5.32 Å². The molecule has 2 amide bonds. The Morgan fingerprint density at radius 2 is 1.61 bits per heavy atom. The Kier molecular flexibility index (Phi) is 9.22. The predicted octanol–water partition coefficient (Wildman–Crippen LogP) is 3.80. The van der Waals surface area contributed by atoms with Crippen molar-refractivity contribution in [2.45, 2.75) is 37.5 Å². The Morgan fingerprint density at radius 3 is 2.14 bits per heavy atom. The summed E-state index contributed by atoms with van der Waals surface area (Å²) >= 11 is 12.7. The summed E-state index contributed by atoms with van der Waals surface area (Å²) in [6.07, 6.45) is 1.75. The van der Waals surface area contributed by atoms with Crippen molar-refractivity contribution < 1.29 is 14.7 Å². The lowest BCUT2D eigenvalue weighted by Crippen LogP contribution is -2.61. The number of carbonyl (C=O) groups is 2. The number of rotatable bonds is 6. The highest BCUT2D eigenvalue weighted by molar-refractivity contribution is 7.59. The van der Waals surface area contributed by atoms with E-state index in [4.69, 9.17) is 23.2 Å². The highest BCUT2D eigenvalue weighted by atomic mass is 35.5. The maximum atomic E-state index is 13.0. The lowest BCUT2D eigenvalue weighted by atomic mass is 9.92. The van der Waals surface area contributed by atoms with Gasteiger partial charge < -0.3 is 20.2 Å². The Bertz CT molecular complexity index is 1060. The summed E-state index contributed by atoms with van der Waals surface area (Å²) in [5.74, 6) is -0.466. The zero-order valence-corrected chi connectivity index (χ0v) is 23.3. The van der Waals surface area contributed by atoms with Gasteiger partial charge in [-0.2, -0.15) is 13.5 Å². The standard InChI is InChI=1S/C26H32Cl2N4O3.H2S/c1-26(35,17-7-5-4-6-8-17)25(34)31-11-9-20(10-12-31)32-15-19(16-32)29-18-13-21(27)23(22(28)14-18)24(33)30(2)3;/h4-8,13-14,19-20,29,35H,9-12,15-16H2,1-3H3;1H2/t26-;/m0./s1. The fraction of sp³-hybridized carbons (Fsp3) is 0.462. The summed E-state index contributed by atoms with van der Waals surface area (Å²) < 4.78 is 0. The third-order valence-electron chi connectivity index (χ3n) is 6.96. The van der Waals surface area contributed by atoms with Gasteiger partial charge in [-0.3, -0.25) is 14.5 Å². The number of anilines is 1. The van der Waals surface area contributed by atoms with E-state index in [0.717, 1.165) is 31.6 Å². The number of amides is 2. The van der Waals surface area contributed by atoms with Gasteiger partial charge in [0.2, 0.25) is 0 Å². The van der Waals surface area contributed by atoms with E-state index in [1.807, 2.05) is 18.2 Å². The number of carbonyl (C=O) groups excluding carboxylic acids is 2. The van der Waals surface area contributed by atoms with Crippen molar-refractivity contribution >= 4 is 54.2 Å². The minimum absolute atomic E-state index is 0. The second kappa shape index (κ2) is 11.6. The molecule has 196 valence electrons. The van der Waals surface area contributed by atoms with Crippen LogP contribution in [-0.2, 0) is 10.4 Å². The highest BCUT2D eigenvalue weighted by Gasteiger charge is 2.40. The average molecular weight is 554 g/mol. The van der Waals surface area contributed by atoms with Crippen LogP contribution in [0.2, 0.25) is 10.0 Å². The van der Waals surface area contributed by atoms with Gasteiger partial charge >= 0.3 is 0 Å². The minimum atomic E-state index is -1.52. The average Bonchev–Trinajstić information content (AvgIpc) is 2.80. The number of hydrogen-bond acceptors (Lipinski definition) is 5. The summed E-state index contributed by atoms with van der Waals surface area (Å²) in [4.78, 5) is 30.9. The monoisotopic (exact) mass is 552 g/mol. The van der Waals surface area contributed by atoms with Gasteiger partial charge in [-0.05, 0) is 37.5 Å². The van der Waals surface area contributed by atoms with Crippen molar-refractivity contribution in [3.63, 3.8) is 0 Å². The van der Waals surface area contributed by atoms with Gasteiger partial charge in [0, 0.05) is 52.0 Å². The van der Waals surface area contributed by atoms with E-state index < -0.39 is 5.60 Å². The predicted molar refractivity (Wildman–Crippen MR) is 149 cm³/mol. The van der Waals surface area contributed by atoms with Crippen molar-refractivity contribution in [1.29, 1.82) is 0 Å². The number of nitrogens with one attached hydrogen (secondary N) is 1. The second-order valence-corrected chi connectivity index (χ2v) is 10.6. The number of benzene rings is 2. The molecule has 2 N–H and O–H groups in total. The number of hydrogen-bond donors (Lipinski definition) is 2. The Hall–Kier alpha value is -1.97. The van der Waals surface area contributed by atoms with Gasteiger partial charge in [0.1, 0.15) is 0 Å². The Balaban J connectivity index is 0.00000361. The van der Waals surface area contributed by atoms with Gasteiger partial charge in [0.05, 0.1) is 21.7 Å². The molecule has 36 heavy (non-hydrogen) atoms. The molecule has 4 rings (SSSR count). The van der Waals surface area contributed by atoms with Crippen LogP contribution in [0.15, 0.2) is 42.5 Å². The Labute approximate surface area is 229 Å². The molecule has 2 saturated heterocycles. The minimum Gasteiger partial charge on any atom is -0.380 e. The van der Waals surface area contributed by atoms with E-state index in [2.05, 4.69) is 10.2 Å². The molecule has 7 nitrogen and oxygen atoms in total. The van der Waals surface area contributed by atoms with Crippen LogP contribution in [0, 0.1) is 0 Å². The molecule has 0 unspecified atom stereocenters. The quantitative estimate of drug-likeness (QED) is 0.570. The number of aliphatic hydroxyl groups is 1. The number of likely N-dealkylation sites (tertiary alicyclic amines) is 2. The van der Waals surface area contributed by atoms with Crippen LogP contribution in [-0.4, -0.2) is 84.0 Å². The topological polar surface area (TPSA) is 76.1 Å². The molecule has 0 aliphatic carbocycles. The van der Waals surface area contributed by atoms with E-state index in [1.54, 1.807) is 50.2 Å². The highest BCUT2D eigenvalue weighted by Crippen LogP contribution is 2.32. The number of nitrogens with zero attached hydrogens (tertiary/aromatic N) is 3. The molecule has 2 fully saturated rings. The van der Waals surface area contributed by atoms with Crippen LogP contribution in [0.1, 0.15) is 35.7 Å². The van der Waals surface area contributed by atoms with E-state index in [9.17, 15) is 14.7 Å². The number of piperidine rings is 1. The summed E-state index contributed by atoms with van der Waals surface area (Å²) in [6, 6.07) is 13.3. The first-order chi connectivity index (χ1) is 16.6. The van der Waals surface area contributed by atoms with Gasteiger partial charge in [-0.1, -0.05) is 53.5 Å². The van der Waals surface area contributed by atoms with Crippen molar-refractivity contribution in [3.8, 4) is 0 Å². The Morgan fingerprint density at radius 1 is 1.06 bits per heavy atom. The molecule has 0 radical (unpaired) electrons. The molecular weight excluding hydrogens is 519 g/mol. The molecular formula is C26H34Cl2N4O3S.